The van der Waals surface area contributed by atoms with Gasteiger partial charge < -0.3 is 30.0 Å². The fourth-order valence-corrected chi connectivity index (χ4v) is 4.03. The number of nitrogens with zero attached hydrogens (tertiary/aromatic N) is 4. The predicted molar refractivity (Wildman–Crippen MR) is 133 cm³/mol. The molecule has 1 aliphatic heterocycles. The molecule has 5 rings (SSSR count). The highest BCUT2D eigenvalue weighted by Crippen LogP contribution is 2.27. The molecule has 34 heavy (non-hydrogen) atoms. The number of imidazole rings is 1. The average Bonchev–Trinajstić information content (AvgIpc) is 3.54. The third kappa shape index (κ3) is 5.11. The number of anilines is 3. The van der Waals surface area contributed by atoms with Gasteiger partial charge in [-0.15, -0.1) is 0 Å². The SMILES string of the molecule is COCCOc1ccc(Nc2nc(NCc3ccccc3)c3ncn(C4CCNC4)c3n2)cc1. The second kappa shape index (κ2) is 10.5. The summed E-state index contributed by atoms with van der Waals surface area (Å²) in [6.45, 7) is 3.63. The molecular weight excluding hydrogens is 430 g/mol. The van der Waals surface area contributed by atoms with Crippen LogP contribution < -0.4 is 20.7 Å². The van der Waals surface area contributed by atoms with Crippen LogP contribution in [-0.2, 0) is 11.3 Å². The first kappa shape index (κ1) is 22.1. The summed E-state index contributed by atoms with van der Waals surface area (Å²) in [5, 5.41) is 10.2. The van der Waals surface area contributed by atoms with Gasteiger partial charge in [0.05, 0.1) is 19.0 Å². The summed E-state index contributed by atoms with van der Waals surface area (Å²) in [7, 11) is 1.66. The quantitative estimate of drug-likeness (QED) is 0.309. The van der Waals surface area contributed by atoms with Crippen LogP contribution in [0, 0.1) is 0 Å². The fourth-order valence-electron chi connectivity index (χ4n) is 4.03. The Bertz CT molecular complexity index is 1210. The molecule has 0 saturated carbocycles. The lowest BCUT2D eigenvalue weighted by Gasteiger charge is -2.14. The highest BCUT2D eigenvalue weighted by molar-refractivity contribution is 5.85. The summed E-state index contributed by atoms with van der Waals surface area (Å²) in [6, 6.07) is 18.3. The van der Waals surface area contributed by atoms with E-state index < -0.39 is 0 Å². The minimum absolute atomic E-state index is 0.332. The zero-order chi connectivity index (χ0) is 23.2. The van der Waals surface area contributed by atoms with E-state index in [1.807, 2.05) is 48.8 Å². The maximum Gasteiger partial charge on any atom is 0.231 e. The van der Waals surface area contributed by atoms with E-state index in [0.29, 0.717) is 37.6 Å². The molecule has 3 N–H and O–H groups in total. The van der Waals surface area contributed by atoms with Crippen LogP contribution in [0.3, 0.4) is 0 Å². The lowest BCUT2D eigenvalue weighted by molar-refractivity contribution is 0.146. The zero-order valence-electron chi connectivity index (χ0n) is 19.2. The molecule has 2 aromatic carbocycles. The van der Waals surface area contributed by atoms with E-state index in [0.717, 1.165) is 42.1 Å². The number of rotatable bonds is 10. The lowest BCUT2D eigenvalue weighted by atomic mass is 10.2. The van der Waals surface area contributed by atoms with Gasteiger partial charge in [-0.25, -0.2) is 4.98 Å². The van der Waals surface area contributed by atoms with Crippen molar-refractivity contribution in [1.29, 1.82) is 0 Å². The average molecular weight is 460 g/mol. The van der Waals surface area contributed by atoms with Gasteiger partial charge in [-0.3, -0.25) is 0 Å². The Morgan fingerprint density at radius 1 is 1.06 bits per heavy atom. The van der Waals surface area contributed by atoms with Gasteiger partial charge in [-0.1, -0.05) is 30.3 Å². The molecule has 0 radical (unpaired) electrons. The number of fused-ring (bicyclic) bond motifs is 1. The monoisotopic (exact) mass is 459 g/mol. The van der Waals surface area contributed by atoms with Gasteiger partial charge in [0.1, 0.15) is 12.4 Å². The Kier molecular flexibility index (Phi) is 6.83. The number of hydrogen-bond donors (Lipinski definition) is 3. The Labute approximate surface area is 198 Å². The van der Waals surface area contributed by atoms with Crippen LogP contribution in [0.15, 0.2) is 60.9 Å². The Morgan fingerprint density at radius 3 is 2.68 bits per heavy atom. The van der Waals surface area contributed by atoms with E-state index in [-0.39, 0.29) is 0 Å². The van der Waals surface area contributed by atoms with Crippen LogP contribution in [0.1, 0.15) is 18.0 Å². The van der Waals surface area contributed by atoms with Gasteiger partial charge in [0, 0.05) is 25.9 Å². The molecule has 9 heteroatoms. The number of methoxy groups -OCH3 is 1. The number of nitrogens with one attached hydrogen (secondary N) is 3. The van der Waals surface area contributed by atoms with E-state index in [9.17, 15) is 0 Å². The van der Waals surface area contributed by atoms with Crippen LogP contribution in [0.25, 0.3) is 11.2 Å². The van der Waals surface area contributed by atoms with Crippen molar-refractivity contribution < 1.29 is 9.47 Å². The Balaban J connectivity index is 1.41. The van der Waals surface area contributed by atoms with Gasteiger partial charge in [0.25, 0.3) is 0 Å². The minimum Gasteiger partial charge on any atom is -0.491 e. The van der Waals surface area contributed by atoms with Gasteiger partial charge in [0.2, 0.25) is 5.95 Å². The molecule has 1 saturated heterocycles. The molecule has 1 atom stereocenters. The summed E-state index contributed by atoms with van der Waals surface area (Å²) < 4.78 is 12.8. The number of benzene rings is 2. The maximum atomic E-state index is 5.65. The van der Waals surface area contributed by atoms with Crippen molar-refractivity contribution in [2.75, 3.05) is 44.0 Å². The highest BCUT2D eigenvalue weighted by atomic mass is 16.5. The van der Waals surface area contributed by atoms with Crippen molar-refractivity contribution in [3.05, 3.63) is 66.5 Å². The van der Waals surface area contributed by atoms with Gasteiger partial charge >= 0.3 is 0 Å². The summed E-state index contributed by atoms with van der Waals surface area (Å²) in [6.07, 6.45) is 2.93. The first-order chi connectivity index (χ1) is 16.8. The molecule has 0 bridgehead atoms. The number of ether oxygens (including phenoxy) is 2. The van der Waals surface area contributed by atoms with Crippen LogP contribution in [0.2, 0.25) is 0 Å². The first-order valence-corrected chi connectivity index (χ1v) is 11.5. The smallest absolute Gasteiger partial charge is 0.231 e. The number of hydrogen-bond acceptors (Lipinski definition) is 8. The largest absolute Gasteiger partial charge is 0.491 e. The topological polar surface area (TPSA) is 98.2 Å². The lowest BCUT2D eigenvalue weighted by Crippen LogP contribution is -2.13. The third-order valence-electron chi connectivity index (χ3n) is 5.82. The Hall–Kier alpha value is -3.69. The van der Waals surface area contributed by atoms with Crippen molar-refractivity contribution in [3.8, 4) is 5.75 Å². The molecule has 0 spiro atoms. The van der Waals surface area contributed by atoms with Crippen LogP contribution >= 0.6 is 0 Å². The van der Waals surface area contributed by atoms with E-state index in [4.69, 9.17) is 19.4 Å². The van der Waals surface area contributed by atoms with Gasteiger partial charge in [-0.05, 0) is 42.8 Å². The van der Waals surface area contributed by atoms with Crippen LogP contribution in [0.4, 0.5) is 17.5 Å². The molecule has 176 valence electrons. The summed E-state index contributed by atoms with van der Waals surface area (Å²) in [5.41, 5.74) is 3.64. The van der Waals surface area contributed by atoms with Crippen molar-refractivity contribution in [2.45, 2.75) is 19.0 Å². The van der Waals surface area contributed by atoms with E-state index >= 15 is 0 Å². The number of aromatic nitrogens is 4. The summed E-state index contributed by atoms with van der Waals surface area (Å²) >= 11 is 0. The third-order valence-corrected chi connectivity index (χ3v) is 5.82. The fraction of sp³-hybridized carbons (Fsp3) is 0.320. The Morgan fingerprint density at radius 2 is 1.91 bits per heavy atom. The van der Waals surface area contributed by atoms with Crippen molar-refractivity contribution in [1.82, 2.24) is 24.8 Å². The van der Waals surface area contributed by atoms with Gasteiger partial charge in [0.15, 0.2) is 17.0 Å². The molecule has 9 nitrogen and oxygen atoms in total. The minimum atomic E-state index is 0.332. The van der Waals surface area contributed by atoms with Crippen molar-refractivity contribution >= 4 is 28.6 Å². The standard InChI is InChI=1S/C25H29N7O2/c1-33-13-14-34-21-9-7-19(8-10-21)29-25-30-23(27-15-18-5-3-2-4-6-18)22-24(31-25)32(17-28-22)20-11-12-26-16-20/h2-10,17,20,26H,11-16H2,1H3,(H2,27,29,30,31). The molecule has 1 aliphatic rings. The molecule has 2 aromatic heterocycles. The van der Waals surface area contributed by atoms with E-state index in [2.05, 4.69) is 37.6 Å². The second-order valence-electron chi connectivity index (χ2n) is 8.20. The van der Waals surface area contributed by atoms with E-state index in [1.165, 1.54) is 5.56 Å². The van der Waals surface area contributed by atoms with Crippen LogP contribution in [0.5, 0.6) is 5.75 Å². The summed E-state index contributed by atoms with van der Waals surface area (Å²) in [4.78, 5) is 14.3. The summed E-state index contributed by atoms with van der Waals surface area (Å²) in [5.74, 6) is 2.01. The maximum absolute atomic E-state index is 5.65. The van der Waals surface area contributed by atoms with Crippen molar-refractivity contribution in [3.63, 3.8) is 0 Å². The first-order valence-electron chi connectivity index (χ1n) is 11.5. The second-order valence-corrected chi connectivity index (χ2v) is 8.20. The normalized spacial score (nSPS) is 15.5. The van der Waals surface area contributed by atoms with Crippen molar-refractivity contribution in [2.24, 2.45) is 0 Å². The van der Waals surface area contributed by atoms with Gasteiger partial charge in [-0.2, -0.15) is 9.97 Å². The van der Waals surface area contributed by atoms with E-state index in [1.54, 1.807) is 7.11 Å². The molecule has 0 amide bonds. The molecule has 3 heterocycles. The molecule has 1 fully saturated rings. The molecule has 4 aromatic rings. The molecule has 0 aliphatic carbocycles. The zero-order valence-corrected chi connectivity index (χ0v) is 19.2. The molecule has 1 unspecified atom stereocenters. The molecular formula is C25H29N7O2. The van der Waals surface area contributed by atoms with Crippen LogP contribution in [-0.4, -0.2) is 52.9 Å². The highest BCUT2D eigenvalue weighted by Gasteiger charge is 2.21. The predicted octanol–water partition coefficient (Wildman–Crippen LogP) is 3.74.